The molecule has 1 aromatic carbocycles. The molecule has 6 heteroatoms. The smallest absolute Gasteiger partial charge is 0.247 e. The second-order valence-corrected chi connectivity index (χ2v) is 6.45. The third-order valence-corrected chi connectivity index (χ3v) is 4.55. The quantitative estimate of drug-likeness (QED) is 0.768. The van der Waals surface area contributed by atoms with Crippen LogP contribution in [-0.2, 0) is 0 Å². The van der Waals surface area contributed by atoms with Gasteiger partial charge in [0.1, 0.15) is 0 Å². The molecule has 1 aliphatic carbocycles. The highest BCUT2D eigenvalue weighted by atomic mass is 16.4. The molecule has 25 heavy (non-hydrogen) atoms. The monoisotopic (exact) mass is 335 g/mol. The number of rotatable bonds is 4. The van der Waals surface area contributed by atoms with Crippen LogP contribution in [0.1, 0.15) is 38.0 Å². The molecule has 128 valence electrons. The van der Waals surface area contributed by atoms with E-state index in [2.05, 4.69) is 25.5 Å². The summed E-state index contributed by atoms with van der Waals surface area (Å²) in [4.78, 5) is 9.04. The van der Waals surface area contributed by atoms with Crippen molar-refractivity contribution in [1.82, 2.24) is 20.2 Å². The van der Waals surface area contributed by atoms with Crippen molar-refractivity contribution in [3.63, 3.8) is 0 Å². The molecule has 0 aliphatic heterocycles. The molecule has 3 aromatic rings. The molecule has 0 amide bonds. The Morgan fingerprint density at radius 3 is 2.44 bits per heavy atom. The first kappa shape index (κ1) is 15.7. The highest BCUT2D eigenvalue weighted by Crippen LogP contribution is 2.24. The third-order valence-electron chi connectivity index (χ3n) is 4.55. The summed E-state index contributed by atoms with van der Waals surface area (Å²) in [6.07, 6.45) is 8.12. The van der Waals surface area contributed by atoms with Gasteiger partial charge < -0.3 is 9.73 Å². The van der Waals surface area contributed by atoms with E-state index < -0.39 is 0 Å². The van der Waals surface area contributed by atoms with Crippen LogP contribution in [0.3, 0.4) is 0 Å². The number of nitrogens with one attached hydrogen (secondary N) is 1. The van der Waals surface area contributed by atoms with Gasteiger partial charge in [-0.05, 0) is 31.0 Å². The predicted molar refractivity (Wildman–Crippen MR) is 96.0 cm³/mol. The fourth-order valence-electron chi connectivity index (χ4n) is 3.22. The van der Waals surface area contributed by atoms with E-state index in [0.29, 0.717) is 23.8 Å². The van der Waals surface area contributed by atoms with Gasteiger partial charge in [0.05, 0.1) is 5.69 Å². The van der Waals surface area contributed by atoms with Gasteiger partial charge in [0.15, 0.2) is 0 Å². The van der Waals surface area contributed by atoms with Crippen molar-refractivity contribution in [2.75, 3.05) is 5.32 Å². The zero-order chi connectivity index (χ0) is 17.1. The maximum Gasteiger partial charge on any atom is 0.247 e. The van der Waals surface area contributed by atoms with Crippen molar-refractivity contribution < 1.29 is 4.42 Å². The first-order chi connectivity index (χ1) is 12.3. The van der Waals surface area contributed by atoms with Crippen LogP contribution in [-0.4, -0.2) is 26.2 Å². The van der Waals surface area contributed by atoms with E-state index in [1.807, 2.05) is 36.5 Å². The van der Waals surface area contributed by atoms with Gasteiger partial charge in [0.2, 0.25) is 17.7 Å². The highest BCUT2D eigenvalue weighted by Gasteiger charge is 2.14. The van der Waals surface area contributed by atoms with Crippen LogP contribution in [0.25, 0.3) is 22.7 Å². The second kappa shape index (κ2) is 7.01. The lowest BCUT2D eigenvalue weighted by Crippen LogP contribution is -2.23. The van der Waals surface area contributed by atoms with Crippen molar-refractivity contribution in [2.45, 2.75) is 45.1 Å². The summed E-state index contributed by atoms with van der Waals surface area (Å²) < 4.78 is 5.46. The fraction of sp³-hybridized carbons (Fsp3) is 0.368. The summed E-state index contributed by atoms with van der Waals surface area (Å²) in [5.74, 6) is 1.81. The van der Waals surface area contributed by atoms with E-state index in [1.54, 1.807) is 6.92 Å². The van der Waals surface area contributed by atoms with E-state index in [9.17, 15) is 0 Å². The van der Waals surface area contributed by atoms with Gasteiger partial charge in [0.25, 0.3) is 0 Å². The Hall–Kier alpha value is -2.76. The maximum atomic E-state index is 5.46. The molecular weight excluding hydrogens is 314 g/mol. The summed E-state index contributed by atoms with van der Waals surface area (Å²) >= 11 is 0. The molecule has 0 saturated heterocycles. The number of nitrogens with zero attached hydrogens (tertiary/aromatic N) is 4. The van der Waals surface area contributed by atoms with Gasteiger partial charge in [0, 0.05) is 30.3 Å². The second-order valence-electron chi connectivity index (χ2n) is 6.45. The molecule has 4 rings (SSSR count). The summed E-state index contributed by atoms with van der Waals surface area (Å²) in [6, 6.07) is 10.4. The normalized spacial score (nSPS) is 15.2. The zero-order valence-electron chi connectivity index (χ0n) is 14.3. The van der Waals surface area contributed by atoms with Gasteiger partial charge in [-0.3, -0.25) is 0 Å². The predicted octanol–water partition coefficient (Wildman–Crippen LogP) is 4.25. The van der Waals surface area contributed by atoms with Crippen LogP contribution < -0.4 is 5.32 Å². The zero-order valence-corrected chi connectivity index (χ0v) is 14.3. The molecule has 2 aromatic heterocycles. The average Bonchev–Trinajstić information content (AvgIpc) is 3.09. The molecule has 0 atom stereocenters. The lowest BCUT2D eigenvalue weighted by atomic mass is 9.96. The average molecular weight is 335 g/mol. The molecule has 6 nitrogen and oxygen atoms in total. The summed E-state index contributed by atoms with van der Waals surface area (Å²) in [5.41, 5.74) is 2.84. The minimum Gasteiger partial charge on any atom is -0.421 e. The van der Waals surface area contributed by atoms with Crippen LogP contribution in [0.2, 0.25) is 0 Å². The Bertz CT molecular complexity index is 837. The number of benzene rings is 1. The third kappa shape index (κ3) is 3.68. The minimum absolute atomic E-state index is 0.493. The van der Waals surface area contributed by atoms with Crippen molar-refractivity contribution in [3.8, 4) is 22.7 Å². The van der Waals surface area contributed by atoms with Gasteiger partial charge in [-0.1, -0.05) is 31.4 Å². The SMILES string of the molecule is Cc1nnc(-c2ccc(-c3ccnc(NC4CCCCC4)n3)cc2)o1. The molecule has 0 unspecified atom stereocenters. The maximum absolute atomic E-state index is 5.46. The molecule has 0 radical (unpaired) electrons. The first-order valence-electron chi connectivity index (χ1n) is 8.78. The molecule has 1 saturated carbocycles. The van der Waals surface area contributed by atoms with Crippen LogP contribution in [0.4, 0.5) is 5.95 Å². The largest absolute Gasteiger partial charge is 0.421 e. The molecule has 0 bridgehead atoms. The Morgan fingerprint density at radius 1 is 0.960 bits per heavy atom. The highest BCUT2D eigenvalue weighted by molar-refractivity contribution is 5.65. The van der Waals surface area contributed by atoms with Crippen molar-refractivity contribution in [3.05, 3.63) is 42.4 Å². The summed E-state index contributed by atoms with van der Waals surface area (Å²) in [5, 5.41) is 11.4. The Morgan fingerprint density at radius 2 is 1.72 bits per heavy atom. The molecule has 1 aliphatic rings. The summed E-state index contributed by atoms with van der Waals surface area (Å²) in [6.45, 7) is 1.78. The molecule has 0 spiro atoms. The number of hydrogen-bond acceptors (Lipinski definition) is 6. The number of aryl methyl sites for hydroxylation is 1. The van der Waals surface area contributed by atoms with Crippen LogP contribution in [0, 0.1) is 6.92 Å². The standard InChI is InChI=1S/C19H21N5O/c1-13-23-24-18(25-13)15-9-7-14(8-10-15)17-11-12-20-19(22-17)21-16-5-3-2-4-6-16/h7-12,16H,2-6H2,1H3,(H,20,21,22). The van der Waals surface area contributed by atoms with Gasteiger partial charge >= 0.3 is 0 Å². The Balaban J connectivity index is 1.52. The van der Waals surface area contributed by atoms with Crippen LogP contribution in [0.5, 0.6) is 0 Å². The topological polar surface area (TPSA) is 76.7 Å². The van der Waals surface area contributed by atoms with E-state index >= 15 is 0 Å². The minimum atomic E-state index is 0.493. The van der Waals surface area contributed by atoms with Crippen LogP contribution >= 0.6 is 0 Å². The lowest BCUT2D eigenvalue weighted by molar-refractivity contribution is 0.461. The fourth-order valence-corrected chi connectivity index (χ4v) is 3.22. The van der Waals surface area contributed by atoms with Crippen molar-refractivity contribution in [2.24, 2.45) is 0 Å². The van der Waals surface area contributed by atoms with E-state index in [0.717, 1.165) is 16.8 Å². The van der Waals surface area contributed by atoms with Crippen LogP contribution in [0.15, 0.2) is 40.9 Å². The van der Waals surface area contributed by atoms with E-state index in [1.165, 1.54) is 32.1 Å². The molecule has 1 N–H and O–H groups in total. The van der Waals surface area contributed by atoms with Crippen molar-refractivity contribution >= 4 is 5.95 Å². The van der Waals surface area contributed by atoms with E-state index in [4.69, 9.17) is 4.42 Å². The van der Waals surface area contributed by atoms with Gasteiger partial charge in [-0.2, -0.15) is 0 Å². The Kier molecular flexibility index (Phi) is 4.41. The first-order valence-corrected chi connectivity index (χ1v) is 8.78. The van der Waals surface area contributed by atoms with Crippen molar-refractivity contribution in [1.29, 1.82) is 0 Å². The van der Waals surface area contributed by atoms with Gasteiger partial charge in [-0.15, -0.1) is 10.2 Å². The molecular formula is C19H21N5O. The Labute approximate surface area is 146 Å². The molecule has 1 fully saturated rings. The lowest BCUT2D eigenvalue weighted by Gasteiger charge is -2.22. The number of aromatic nitrogens is 4. The van der Waals surface area contributed by atoms with E-state index in [-0.39, 0.29) is 0 Å². The molecule has 2 heterocycles. The number of hydrogen-bond donors (Lipinski definition) is 1. The van der Waals surface area contributed by atoms with Gasteiger partial charge in [-0.25, -0.2) is 9.97 Å². The summed E-state index contributed by atoms with van der Waals surface area (Å²) in [7, 11) is 0. The number of anilines is 1.